The number of rotatable bonds is 5. The first-order valence-corrected chi connectivity index (χ1v) is 10.7. The van der Waals surface area contributed by atoms with Crippen molar-refractivity contribution in [1.29, 1.82) is 0 Å². The van der Waals surface area contributed by atoms with Crippen LogP contribution in [0.25, 0.3) is 0 Å². The van der Waals surface area contributed by atoms with Gasteiger partial charge in [0.25, 0.3) is 0 Å². The second kappa shape index (κ2) is 9.67. The van der Waals surface area contributed by atoms with E-state index in [1.54, 1.807) is 13.0 Å². The van der Waals surface area contributed by atoms with Crippen molar-refractivity contribution < 1.29 is 18.7 Å². The number of nitrogens with zero attached hydrogens (tertiary/aromatic N) is 5. The third-order valence-electron chi connectivity index (χ3n) is 4.99. The fourth-order valence-electron chi connectivity index (χ4n) is 3.52. The van der Waals surface area contributed by atoms with E-state index in [9.17, 15) is 9.18 Å². The molecule has 9 nitrogen and oxygen atoms in total. The predicted molar refractivity (Wildman–Crippen MR) is 114 cm³/mol. The molecule has 2 aromatic rings. The Hall–Kier alpha value is -2.63. The van der Waals surface area contributed by atoms with Gasteiger partial charge in [0.05, 0.1) is 25.4 Å². The highest BCUT2D eigenvalue weighted by Gasteiger charge is 2.34. The topological polar surface area (TPSA) is 93.9 Å². The standard InChI is InChI=1S/C20H22BrFN6O3/c1-2-31-19(29)17-16(10-27-5-7-30-8-6-27)25-20(28-12-23-11-24-28)26-18(17)14-4-3-13(22)9-15(14)21/h3-4,9,11-12,18H,2,5-8,10H2,1H3,(H,25,26). The van der Waals surface area contributed by atoms with Crippen molar-refractivity contribution in [3.63, 3.8) is 0 Å². The van der Waals surface area contributed by atoms with Gasteiger partial charge in [-0.2, -0.15) is 9.78 Å². The van der Waals surface area contributed by atoms with Crippen LogP contribution in [0.2, 0.25) is 0 Å². The lowest BCUT2D eigenvalue weighted by Gasteiger charge is -2.32. The lowest BCUT2D eigenvalue weighted by molar-refractivity contribution is -0.139. The molecule has 0 bridgehead atoms. The number of carbonyl (C=O) groups is 1. The molecule has 164 valence electrons. The minimum atomic E-state index is -0.717. The van der Waals surface area contributed by atoms with E-state index in [4.69, 9.17) is 14.5 Å². The summed E-state index contributed by atoms with van der Waals surface area (Å²) < 4.78 is 26.6. The molecule has 0 saturated carbocycles. The number of aliphatic imine (C=N–C) groups is 1. The average Bonchev–Trinajstić information content (AvgIpc) is 3.29. The first kappa shape index (κ1) is 21.6. The normalized spacial score (nSPS) is 19.7. The molecule has 0 spiro atoms. The Morgan fingerprint density at radius 1 is 1.39 bits per heavy atom. The number of carbonyl (C=O) groups excluding carboxylic acids is 1. The molecule has 0 aliphatic carbocycles. The van der Waals surface area contributed by atoms with Gasteiger partial charge in [-0.05, 0) is 24.6 Å². The molecule has 1 aromatic heterocycles. The number of nitrogens with one attached hydrogen (secondary N) is 1. The van der Waals surface area contributed by atoms with Crippen LogP contribution in [0.5, 0.6) is 0 Å². The average molecular weight is 493 g/mol. The molecule has 3 heterocycles. The first-order valence-electron chi connectivity index (χ1n) is 9.92. The lowest BCUT2D eigenvalue weighted by atomic mass is 9.95. The summed E-state index contributed by atoms with van der Waals surface area (Å²) in [6.45, 7) is 5.18. The van der Waals surface area contributed by atoms with E-state index in [0.29, 0.717) is 47.0 Å². The van der Waals surface area contributed by atoms with Crippen molar-refractivity contribution in [1.82, 2.24) is 25.0 Å². The number of aromatic nitrogens is 3. The second-order valence-electron chi connectivity index (χ2n) is 6.99. The van der Waals surface area contributed by atoms with E-state index in [1.165, 1.54) is 29.5 Å². The zero-order chi connectivity index (χ0) is 21.8. The van der Waals surface area contributed by atoms with Crippen LogP contribution in [-0.4, -0.2) is 71.0 Å². The van der Waals surface area contributed by atoms with Gasteiger partial charge in [-0.15, -0.1) is 0 Å². The zero-order valence-electron chi connectivity index (χ0n) is 16.9. The quantitative estimate of drug-likeness (QED) is 0.636. The van der Waals surface area contributed by atoms with Crippen molar-refractivity contribution in [3.05, 3.63) is 58.0 Å². The summed E-state index contributed by atoms with van der Waals surface area (Å²) in [5.41, 5.74) is 1.68. The number of benzene rings is 1. The number of halogens is 2. The van der Waals surface area contributed by atoms with Gasteiger partial charge in [0.1, 0.15) is 24.5 Å². The summed E-state index contributed by atoms with van der Waals surface area (Å²) in [6.07, 6.45) is 2.92. The molecular formula is C20H22BrFN6O3. The fourth-order valence-corrected chi connectivity index (χ4v) is 4.09. The van der Waals surface area contributed by atoms with Crippen LogP contribution < -0.4 is 5.32 Å². The highest BCUT2D eigenvalue weighted by molar-refractivity contribution is 9.10. The van der Waals surface area contributed by atoms with Gasteiger partial charge >= 0.3 is 5.97 Å². The molecule has 11 heteroatoms. The maximum atomic E-state index is 13.8. The fraction of sp³-hybridized carbons (Fsp3) is 0.400. The third-order valence-corrected chi connectivity index (χ3v) is 5.67. The Kier molecular flexibility index (Phi) is 6.73. The Labute approximate surface area is 187 Å². The van der Waals surface area contributed by atoms with Crippen LogP contribution in [0.1, 0.15) is 18.5 Å². The van der Waals surface area contributed by atoms with Crippen LogP contribution >= 0.6 is 15.9 Å². The molecule has 1 aromatic carbocycles. The molecule has 2 aliphatic heterocycles. The van der Waals surface area contributed by atoms with Gasteiger partial charge in [0.15, 0.2) is 0 Å². The Morgan fingerprint density at radius 3 is 2.87 bits per heavy atom. The molecule has 1 saturated heterocycles. The summed E-state index contributed by atoms with van der Waals surface area (Å²) in [6, 6.07) is 3.60. The molecule has 0 amide bonds. The molecule has 2 aliphatic rings. The lowest BCUT2D eigenvalue weighted by Crippen LogP contribution is -2.44. The van der Waals surface area contributed by atoms with Crippen LogP contribution in [0.3, 0.4) is 0 Å². The summed E-state index contributed by atoms with van der Waals surface area (Å²) in [5.74, 6) is -0.448. The van der Waals surface area contributed by atoms with Crippen LogP contribution in [-0.2, 0) is 14.3 Å². The molecule has 1 N–H and O–H groups in total. The Balaban J connectivity index is 1.81. The van der Waals surface area contributed by atoms with Crippen molar-refractivity contribution in [3.8, 4) is 0 Å². The molecule has 1 atom stereocenters. The number of esters is 1. The van der Waals surface area contributed by atoms with Gasteiger partial charge in [0, 0.05) is 29.8 Å². The summed E-state index contributed by atoms with van der Waals surface area (Å²) in [4.78, 5) is 23.9. The smallest absolute Gasteiger partial charge is 0.338 e. The maximum absolute atomic E-state index is 13.8. The van der Waals surface area contributed by atoms with Crippen molar-refractivity contribution in [2.24, 2.45) is 4.99 Å². The van der Waals surface area contributed by atoms with E-state index < -0.39 is 12.0 Å². The van der Waals surface area contributed by atoms with Gasteiger partial charge in [-0.3, -0.25) is 4.90 Å². The van der Waals surface area contributed by atoms with Crippen LogP contribution in [0.4, 0.5) is 4.39 Å². The predicted octanol–water partition coefficient (Wildman–Crippen LogP) is 1.88. The van der Waals surface area contributed by atoms with Gasteiger partial charge < -0.3 is 14.8 Å². The number of hydrogen-bond acceptors (Lipinski definition) is 8. The minimum absolute atomic E-state index is 0.226. The van der Waals surface area contributed by atoms with E-state index in [-0.39, 0.29) is 12.4 Å². The molecule has 1 fully saturated rings. The first-order chi connectivity index (χ1) is 15.1. The van der Waals surface area contributed by atoms with E-state index in [0.717, 1.165) is 13.1 Å². The molecule has 4 rings (SSSR count). The van der Waals surface area contributed by atoms with Crippen molar-refractivity contribution in [2.75, 3.05) is 39.5 Å². The monoisotopic (exact) mass is 492 g/mol. The number of morpholine rings is 1. The number of hydrogen-bond donors (Lipinski definition) is 1. The van der Waals surface area contributed by atoms with Crippen LogP contribution in [0, 0.1) is 5.82 Å². The Morgan fingerprint density at radius 2 is 2.19 bits per heavy atom. The molecule has 31 heavy (non-hydrogen) atoms. The SMILES string of the molecule is CCOC(=O)C1=C(CN2CCOCC2)NC(n2cncn2)=NC1c1ccc(F)cc1Br. The summed E-state index contributed by atoms with van der Waals surface area (Å²) in [7, 11) is 0. The van der Waals surface area contributed by atoms with Gasteiger partial charge in [-0.1, -0.05) is 22.0 Å². The summed E-state index contributed by atoms with van der Waals surface area (Å²) >= 11 is 3.42. The Bertz CT molecular complexity index is 1000. The van der Waals surface area contributed by atoms with Crippen LogP contribution in [0.15, 0.2) is 51.6 Å². The minimum Gasteiger partial charge on any atom is -0.463 e. The molecule has 1 unspecified atom stereocenters. The second-order valence-corrected chi connectivity index (χ2v) is 7.84. The van der Waals surface area contributed by atoms with Crippen molar-refractivity contribution >= 4 is 27.9 Å². The van der Waals surface area contributed by atoms with Crippen molar-refractivity contribution in [2.45, 2.75) is 13.0 Å². The van der Waals surface area contributed by atoms with Gasteiger partial charge in [0.2, 0.25) is 5.96 Å². The highest BCUT2D eigenvalue weighted by Crippen LogP contribution is 2.36. The van der Waals surface area contributed by atoms with E-state index in [2.05, 4.69) is 36.2 Å². The van der Waals surface area contributed by atoms with E-state index in [1.807, 2.05) is 0 Å². The summed E-state index contributed by atoms with van der Waals surface area (Å²) in [5, 5.41) is 7.40. The zero-order valence-corrected chi connectivity index (χ0v) is 18.5. The third kappa shape index (κ3) is 4.83. The highest BCUT2D eigenvalue weighted by atomic mass is 79.9. The maximum Gasteiger partial charge on any atom is 0.338 e. The molecule has 0 radical (unpaired) electrons. The largest absolute Gasteiger partial charge is 0.463 e. The number of ether oxygens (including phenoxy) is 2. The van der Waals surface area contributed by atoms with E-state index >= 15 is 0 Å². The van der Waals surface area contributed by atoms with Gasteiger partial charge in [-0.25, -0.2) is 19.2 Å². The molecular weight excluding hydrogens is 471 g/mol.